The van der Waals surface area contributed by atoms with Crippen LogP contribution in [0.5, 0.6) is 0 Å². The van der Waals surface area contributed by atoms with E-state index >= 15 is 0 Å². The number of amides is 2. The van der Waals surface area contributed by atoms with Crippen LogP contribution in [0.15, 0.2) is 36.5 Å². The highest BCUT2D eigenvalue weighted by Crippen LogP contribution is 2.31. The lowest BCUT2D eigenvalue weighted by molar-refractivity contribution is -0.118. The van der Waals surface area contributed by atoms with E-state index in [2.05, 4.69) is 25.9 Å². The molecule has 4 rings (SSSR count). The van der Waals surface area contributed by atoms with Gasteiger partial charge in [-0.1, -0.05) is 25.0 Å². The highest BCUT2D eigenvalue weighted by atomic mass is 16.2. The summed E-state index contributed by atoms with van der Waals surface area (Å²) in [5.41, 5.74) is 1.66. The molecule has 1 aromatic carbocycles. The van der Waals surface area contributed by atoms with E-state index in [0.29, 0.717) is 18.2 Å². The highest BCUT2D eigenvalue weighted by molar-refractivity contribution is 5.94. The van der Waals surface area contributed by atoms with E-state index in [9.17, 15) is 9.59 Å². The fraction of sp³-hybridized carbons (Fsp3) is 0.500. The summed E-state index contributed by atoms with van der Waals surface area (Å²) in [6.07, 6.45) is 6.43. The van der Waals surface area contributed by atoms with Crippen molar-refractivity contribution in [1.29, 1.82) is 0 Å². The molecule has 1 aromatic heterocycles. The van der Waals surface area contributed by atoms with Crippen molar-refractivity contribution in [2.45, 2.75) is 37.8 Å². The molecule has 2 fully saturated rings. The first-order valence-electron chi connectivity index (χ1n) is 10.8. The Labute approximate surface area is 177 Å². The van der Waals surface area contributed by atoms with Crippen LogP contribution < -0.4 is 16.0 Å². The zero-order valence-electron chi connectivity index (χ0n) is 17.4. The van der Waals surface area contributed by atoms with Gasteiger partial charge in [0.1, 0.15) is 5.82 Å². The molecule has 160 valence electrons. The number of carbonyl (C=O) groups excluding carboxylic acids is 2. The van der Waals surface area contributed by atoms with Gasteiger partial charge in [0.25, 0.3) is 5.91 Å². The number of hydrogen-bond donors (Lipinski definition) is 3. The molecule has 0 bridgehead atoms. The number of piperazine rings is 1. The van der Waals surface area contributed by atoms with Crippen molar-refractivity contribution in [2.75, 3.05) is 38.5 Å². The van der Waals surface area contributed by atoms with Crippen LogP contribution in [-0.4, -0.2) is 59.7 Å². The zero-order chi connectivity index (χ0) is 20.9. The van der Waals surface area contributed by atoms with E-state index in [1.807, 2.05) is 28.9 Å². The minimum atomic E-state index is -0.106. The van der Waals surface area contributed by atoms with Gasteiger partial charge < -0.3 is 16.0 Å². The average molecular weight is 411 g/mol. The number of nitrogens with one attached hydrogen (secondary N) is 3. The van der Waals surface area contributed by atoms with Crippen molar-refractivity contribution < 1.29 is 9.59 Å². The Morgan fingerprint density at radius 1 is 1.23 bits per heavy atom. The Bertz CT molecular complexity index is 889. The van der Waals surface area contributed by atoms with E-state index in [1.54, 1.807) is 19.3 Å². The van der Waals surface area contributed by atoms with E-state index < -0.39 is 0 Å². The largest absolute Gasteiger partial charge is 0.355 e. The Morgan fingerprint density at radius 3 is 2.87 bits per heavy atom. The molecule has 8 heteroatoms. The molecule has 30 heavy (non-hydrogen) atoms. The Kier molecular flexibility index (Phi) is 6.44. The summed E-state index contributed by atoms with van der Waals surface area (Å²) in [5.74, 6) is 0.634. The van der Waals surface area contributed by atoms with Crippen LogP contribution in [0.2, 0.25) is 0 Å². The summed E-state index contributed by atoms with van der Waals surface area (Å²) in [5, 5.41) is 13.6. The van der Waals surface area contributed by atoms with Gasteiger partial charge in [0, 0.05) is 44.4 Å². The Balaban J connectivity index is 1.44. The quantitative estimate of drug-likeness (QED) is 0.677. The second kappa shape index (κ2) is 9.40. The second-order valence-electron chi connectivity index (χ2n) is 8.04. The van der Waals surface area contributed by atoms with Crippen molar-refractivity contribution in [3.05, 3.63) is 47.7 Å². The SMILES string of the molecule is CNC(=O)c1cccc(C2CNCCN2CC(=O)Nc2ccnn2C2CCCC2)c1. The lowest BCUT2D eigenvalue weighted by Crippen LogP contribution is -2.48. The number of nitrogens with zero attached hydrogens (tertiary/aromatic N) is 3. The molecule has 1 aliphatic heterocycles. The summed E-state index contributed by atoms with van der Waals surface area (Å²) >= 11 is 0. The monoisotopic (exact) mass is 410 g/mol. The smallest absolute Gasteiger partial charge is 0.251 e. The average Bonchev–Trinajstić information content (AvgIpc) is 3.45. The first kappa shape index (κ1) is 20.6. The van der Waals surface area contributed by atoms with Gasteiger partial charge in [-0.15, -0.1) is 0 Å². The fourth-order valence-electron chi connectivity index (χ4n) is 4.52. The van der Waals surface area contributed by atoms with E-state index in [4.69, 9.17) is 0 Å². The standard InChI is InChI=1S/C22H30N6O2/c1-23-22(30)17-6-4-5-16(13-17)19-14-24-11-12-27(19)15-21(29)26-20-9-10-25-28(20)18-7-2-3-8-18/h4-6,9-10,13,18-19,24H,2-3,7-8,11-12,14-15H2,1H3,(H,23,30)(H,26,29). The molecule has 2 amide bonds. The van der Waals surface area contributed by atoms with Gasteiger partial charge >= 0.3 is 0 Å². The lowest BCUT2D eigenvalue weighted by atomic mass is 10.0. The molecule has 2 aliphatic rings. The number of anilines is 1. The van der Waals surface area contributed by atoms with Gasteiger partial charge in [0.2, 0.25) is 5.91 Å². The van der Waals surface area contributed by atoms with Crippen molar-refractivity contribution >= 4 is 17.6 Å². The van der Waals surface area contributed by atoms with E-state index in [1.165, 1.54) is 12.8 Å². The summed E-state index contributed by atoms with van der Waals surface area (Å²) in [4.78, 5) is 27.1. The molecule has 1 atom stereocenters. The summed E-state index contributed by atoms with van der Waals surface area (Å²) < 4.78 is 1.97. The van der Waals surface area contributed by atoms with E-state index in [0.717, 1.165) is 43.9 Å². The van der Waals surface area contributed by atoms with Crippen LogP contribution in [0.4, 0.5) is 5.82 Å². The predicted molar refractivity (Wildman–Crippen MR) is 115 cm³/mol. The van der Waals surface area contributed by atoms with Crippen LogP contribution in [-0.2, 0) is 4.79 Å². The van der Waals surface area contributed by atoms with Gasteiger partial charge in [-0.25, -0.2) is 4.68 Å². The van der Waals surface area contributed by atoms with Gasteiger partial charge in [-0.3, -0.25) is 14.5 Å². The minimum absolute atomic E-state index is 0.0360. The van der Waals surface area contributed by atoms with Crippen LogP contribution in [0.1, 0.15) is 53.7 Å². The van der Waals surface area contributed by atoms with Crippen molar-refractivity contribution in [2.24, 2.45) is 0 Å². The molecule has 1 unspecified atom stereocenters. The maximum absolute atomic E-state index is 12.9. The minimum Gasteiger partial charge on any atom is -0.355 e. The number of carbonyl (C=O) groups is 2. The molecule has 2 aromatic rings. The Morgan fingerprint density at radius 2 is 2.07 bits per heavy atom. The van der Waals surface area contributed by atoms with Crippen LogP contribution >= 0.6 is 0 Å². The third-order valence-electron chi connectivity index (χ3n) is 6.07. The number of hydrogen-bond acceptors (Lipinski definition) is 5. The maximum Gasteiger partial charge on any atom is 0.251 e. The van der Waals surface area contributed by atoms with Crippen LogP contribution in [0, 0.1) is 0 Å². The molecule has 8 nitrogen and oxygen atoms in total. The van der Waals surface area contributed by atoms with Gasteiger partial charge in [0.15, 0.2) is 0 Å². The molecule has 1 aliphatic carbocycles. The first-order valence-corrected chi connectivity index (χ1v) is 10.8. The normalized spacial score (nSPS) is 20.2. The third-order valence-corrected chi connectivity index (χ3v) is 6.07. The van der Waals surface area contributed by atoms with E-state index in [-0.39, 0.29) is 17.9 Å². The summed E-state index contributed by atoms with van der Waals surface area (Å²) in [6.45, 7) is 2.64. The molecular weight excluding hydrogens is 380 g/mol. The molecule has 0 spiro atoms. The summed E-state index contributed by atoms with van der Waals surface area (Å²) in [6, 6.07) is 9.93. The highest BCUT2D eigenvalue weighted by Gasteiger charge is 2.27. The third kappa shape index (κ3) is 4.55. The maximum atomic E-state index is 12.9. The van der Waals surface area contributed by atoms with Crippen molar-refractivity contribution in [3.8, 4) is 0 Å². The lowest BCUT2D eigenvalue weighted by Gasteiger charge is -2.36. The number of aromatic nitrogens is 2. The molecule has 1 saturated carbocycles. The Hall–Kier alpha value is -2.71. The molecular formula is C22H30N6O2. The fourth-order valence-corrected chi connectivity index (χ4v) is 4.52. The van der Waals surface area contributed by atoms with Crippen molar-refractivity contribution in [3.63, 3.8) is 0 Å². The van der Waals surface area contributed by atoms with Gasteiger partial charge in [-0.05, 0) is 30.5 Å². The van der Waals surface area contributed by atoms with Crippen LogP contribution in [0.3, 0.4) is 0 Å². The molecule has 0 radical (unpaired) electrons. The second-order valence-corrected chi connectivity index (χ2v) is 8.04. The number of benzene rings is 1. The van der Waals surface area contributed by atoms with Gasteiger partial charge in [-0.2, -0.15) is 5.10 Å². The predicted octanol–water partition coefficient (Wildman–Crippen LogP) is 1.94. The topological polar surface area (TPSA) is 91.3 Å². The zero-order valence-corrected chi connectivity index (χ0v) is 17.4. The van der Waals surface area contributed by atoms with Gasteiger partial charge in [0.05, 0.1) is 18.8 Å². The van der Waals surface area contributed by atoms with Crippen LogP contribution in [0.25, 0.3) is 0 Å². The molecule has 1 saturated heterocycles. The van der Waals surface area contributed by atoms with Crippen molar-refractivity contribution in [1.82, 2.24) is 25.3 Å². The summed E-state index contributed by atoms with van der Waals surface area (Å²) in [7, 11) is 1.63. The first-order chi connectivity index (χ1) is 14.7. The molecule has 3 N–H and O–H groups in total. The molecule has 2 heterocycles. The number of rotatable bonds is 6.